The van der Waals surface area contributed by atoms with Gasteiger partial charge in [0.2, 0.25) is 0 Å². The van der Waals surface area contributed by atoms with Gasteiger partial charge in [0.15, 0.2) is 0 Å². The van der Waals surface area contributed by atoms with Crippen LogP contribution in [0.2, 0.25) is 0 Å². The maximum atomic E-state index is 12.9. The van der Waals surface area contributed by atoms with Crippen LogP contribution in [-0.2, 0) is 21.8 Å². The van der Waals surface area contributed by atoms with Crippen molar-refractivity contribution >= 4 is 37.7 Å². The first kappa shape index (κ1) is 19.9. The summed E-state index contributed by atoms with van der Waals surface area (Å²) in [6.45, 7) is 0. The highest BCUT2D eigenvalue weighted by molar-refractivity contribution is 9.10. The van der Waals surface area contributed by atoms with Crippen molar-refractivity contribution in [3.8, 4) is 0 Å². The van der Waals surface area contributed by atoms with Crippen molar-refractivity contribution in [2.24, 2.45) is 7.05 Å². The first-order valence-corrected chi connectivity index (χ1v) is 11.0. The van der Waals surface area contributed by atoms with Gasteiger partial charge in [-0.25, -0.2) is 13.2 Å². The van der Waals surface area contributed by atoms with Crippen LogP contribution in [-0.4, -0.2) is 31.3 Å². The van der Waals surface area contributed by atoms with Crippen LogP contribution in [0.5, 0.6) is 0 Å². The maximum absolute atomic E-state index is 12.9. The van der Waals surface area contributed by atoms with E-state index in [0.29, 0.717) is 11.7 Å². The summed E-state index contributed by atoms with van der Waals surface area (Å²) < 4.78 is 34.8. The summed E-state index contributed by atoms with van der Waals surface area (Å²) in [5.74, 6) is 0.155. The highest BCUT2D eigenvalue weighted by Gasteiger charge is 2.25. The molecular formula is C18H22BrN3O4S. The number of benzene rings is 1. The number of ether oxygens (including phenoxy) is 1. The zero-order valence-electron chi connectivity index (χ0n) is 15.2. The molecule has 0 aliphatic heterocycles. The van der Waals surface area contributed by atoms with Crippen LogP contribution in [0.15, 0.2) is 33.6 Å². The lowest BCUT2D eigenvalue weighted by atomic mass is 9.87. The van der Waals surface area contributed by atoms with E-state index in [9.17, 15) is 13.2 Å². The van der Waals surface area contributed by atoms with Crippen LogP contribution in [0.1, 0.15) is 54.1 Å². The second-order valence-corrected chi connectivity index (χ2v) is 9.07. The minimum absolute atomic E-state index is 0.0363. The van der Waals surface area contributed by atoms with Gasteiger partial charge in [0.1, 0.15) is 10.7 Å². The molecule has 2 aromatic rings. The van der Waals surface area contributed by atoms with Crippen LogP contribution >= 0.6 is 15.9 Å². The van der Waals surface area contributed by atoms with Gasteiger partial charge in [-0.15, -0.1) is 0 Å². The second-order valence-electron chi connectivity index (χ2n) is 6.63. The Hall–Kier alpha value is -1.87. The van der Waals surface area contributed by atoms with Gasteiger partial charge in [0, 0.05) is 19.0 Å². The van der Waals surface area contributed by atoms with Gasteiger partial charge in [0.25, 0.3) is 10.0 Å². The average molecular weight is 456 g/mol. The van der Waals surface area contributed by atoms with Crippen molar-refractivity contribution in [1.82, 2.24) is 9.78 Å². The Labute approximate surface area is 167 Å². The maximum Gasteiger partial charge on any atom is 0.339 e. The Morgan fingerprint density at radius 1 is 1.30 bits per heavy atom. The summed E-state index contributed by atoms with van der Waals surface area (Å²) in [5.41, 5.74) is 1.06. The number of carbonyl (C=O) groups is 1. The number of nitrogens with zero attached hydrogens (tertiary/aromatic N) is 2. The summed E-state index contributed by atoms with van der Waals surface area (Å²) in [5, 5.41) is 4.50. The molecule has 7 nitrogen and oxygen atoms in total. The molecule has 0 atom stereocenters. The van der Waals surface area contributed by atoms with E-state index < -0.39 is 16.0 Å². The topological polar surface area (TPSA) is 90.3 Å². The summed E-state index contributed by atoms with van der Waals surface area (Å²) in [6, 6.07) is 6.23. The fraction of sp³-hybridized carbons (Fsp3) is 0.444. The third-order valence-corrected chi connectivity index (χ3v) is 7.33. The van der Waals surface area contributed by atoms with E-state index in [0.717, 1.165) is 18.5 Å². The SMILES string of the molecule is COC(=O)c1cccc(S(=O)(=O)Nc2cc(C3CCCCC3)nn2C)c1Br. The molecule has 0 saturated heterocycles. The van der Waals surface area contributed by atoms with Gasteiger partial charge >= 0.3 is 5.97 Å². The van der Waals surface area contributed by atoms with Gasteiger partial charge in [-0.2, -0.15) is 5.10 Å². The summed E-state index contributed by atoms with van der Waals surface area (Å²) in [4.78, 5) is 11.8. The lowest BCUT2D eigenvalue weighted by Gasteiger charge is -2.19. The third kappa shape index (κ3) is 4.19. The predicted molar refractivity (Wildman–Crippen MR) is 105 cm³/mol. The van der Waals surface area contributed by atoms with Crippen molar-refractivity contribution in [3.05, 3.63) is 40.0 Å². The summed E-state index contributed by atoms with van der Waals surface area (Å²) >= 11 is 3.22. The molecule has 1 aliphatic carbocycles. The van der Waals surface area contributed by atoms with E-state index in [1.54, 1.807) is 17.8 Å². The molecule has 1 fully saturated rings. The molecule has 1 aromatic carbocycles. The van der Waals surface area contributed by atoms with E-state index in [2.05, 4.69) is 25.8 Å². The lowest BCUT2D eigenvalue weighted by molar-refractivity contribution is 0.0599. The summed E-state index contributed by atoms with van der Waals surface area (Å²) in [7, 11) is -0.955. The van der Waals surface area contributed by atoms with E-state index in [1.807, 2.05) is 0 Å². The Morgan fingerprint density at radius 3 is 2.67 bits per heavy atom. The van der Waals surface area contributed by atoms with Crippen LogP contribution < -0.4 is 4.72 Å². The molecule has 3 rings (SSSR count). The zero-order valence-corrected chi connectivity index (χ0v) is 17.6. The van der Waals surface area contributed by atoms with E-state index in [-0.39, 0.29) is 14.9 Å². The van der Waals surface area contributed by atoms with Gasteiger partial charge in [-0.05, 0) is 40.9 Å². The fourth-order valence-electron chi connectivity index (χ4n) is 3.36. The number of halogens is 1. The third-order valence-electron chi connectivity index (χ3n) is 4.82. The molecule has 1 N–H and O–H groups in total. The van der Waals surface area contributed by atoms with Crippen molar-refractivity contribution in [2.45, 2.75) is 42.9 Å². The number of rotatable bonds is 5. The van der Waals surface area contributed by atoms with Crippen LogP contribution in [0.3, 0.4) is 0 Å². The lowest BCUT2D eigenvalue weighted by Crippen LogP contribution is -2.17. The minimum Gasteiger partial charge on any atom is -0.465 e. The van der Waals surface area contributed by atoms with Crippen LogP contribution in [0.25, 0.3) is 0 Å². The van der Waals surface area contributed by atoms with Gasteiger partial charge < -0.3 is 4.74 Å². The molecule has 1 saturated carbocycles. The Morgan fingerprint density at radius 2 is 2.00 bits per heavy atom. The number of hydrogen-bond donors (Lipinski definition) is 1. The van der Waals surface area contributed by atoms with Crippen LogP contribution in [0, 0.1) is 0 Å². The monoisotopic (exact) mass is 455 g/mol. The summed E-state index contributed by atoms with van der Waals surface area (Å²) in [6.07, 6.45) is 5.75. The Bertz CT molecular complexity index is 950. The molecule has 0 bridgehead atoms. The van der Waals surface area contributed by atoms with Gasteiger partial charge in [0.05, 0.1) is 22.8 Å². The van der Waals surface area contributed by atoms with Crippen molar-refractivity contribution in [1.29, 1.82) is 0 Å². The van der Waals surface area contributed by atoms with Crippen LogP contribution in [0.4, 0.5) is 5.82 Å². The average Bonchev–Trinajstić information content (AvgIpc) is 3.01. The molecular weight excluding hydrogens is 434 g/mol. The standard InChI is InChI=1S/C18H22BrN3O4S/c1-22-16(11-14(20-22)12-7-4-3-5-8-12)21-27(24,25)15-10-6-9-13(17(15)19)18(23)26-2/h6,9-12,21H,3-5,7-8H2,1-2H3. The number of carbonyl (C=O) groups excluding carboxylic acids is 1. The number of aromatic nitrogens is 2. The van der Waals surface area contributed by atoms with E-state index in [1.165, 1.54) is 44.6 Å². The molecule has 1 aliphatic rings. The Balaban J connectivity index is 1.89. The largest absolute Gasteiger partial charge is 0.465 e. The van der Waals surface area contributed by atoms with Crippen molar-refractivity contribution in [2.75, 3.05) is 11.8 Å². The quantitative estimate of drug-likeness (QED) is 0.691. The number of nitrogens with one attached hydrogen (secondary N) is 1. The van der Waals surface area contributed by atoms with E-state index in [4.69, 9.17) is 4.74 Å². The molecule has 0 unspecified atom stereocenters. The zero-order chi connectivity index (χ0) is 19.6. The molecule has 0 radical (unpaired) electrons. The molecule has 27 heavy (non-hydrogen) atoms. The number of methoxy groups -OCH3 is 1. The first-order chi connectivity index (χ1) is 12.8. The highest BCUT2D eigenvalue weighted by atomic mass is 79.9. The number of anilines is 1. The number of esters is 1. The predicted octanol–water partition coefficient (Wildman–Crippen LogP) is 3.82. The molecule has 0 amide bonds. The fourth-order valence-corrected chi connectivity index (χ4v) is 5.61. The van der Waals surface area contributed by atoms with Crippen molar-refractivity contribution in [3.63, 3.8) is 0 Å². The number of hydrogen-bond acceptors (Lipinski definition) is 5. The normalized spacial score (nSPS) is 15.5. The van der Waals surface area contributed by atoms with Gasteiger partial charge in [-0.3, -0.25) is 9.40 Å². The molecule has 1 aromatic heterocycles. The first-order valence-electron chi connectivity index (χ1n) is 8.77. The minimum atomic E-state index is -3.91. The highest BCUT2D eigenvalue weighted by Crippen LogP contribution is 2.34. The molecule has 1 heterocycles. The van der Waals surface area contributed by atoms with E-state index >= 15 is 0 Å². The number of sulfonamides is 1. The number of aryl methyl sites for hydroxylation is 1. The smallest absolute Gasteiger partial charge is 0.339 e. The molecule has 0 spiro atoms. The Kier molecular flexibility index (Phi) is 5.90. The van der Waals surface area contributed by atoms with Crippen molar-refractivity contribution < 1.29 is 17.9 Å². The second kappa shape index (κ2) is 8.02. The molecule has 146 valence electrons. The molecule has 9 heteroatoms. The van der Waals surface area contributed by atoms with Gasteiger partial charge in [-0.1, -0.05) is 25.3 Å².